The number of aromatic nitrogens is 1. The van der Waals surface area contributed by atoms with Crippen molar-refractivity contribution in [2.24, 2.45) is 0 Å². The van der Waals surface area contributed by atoms with Gasteiger partial charge in [-0.1, -0.05) is 82.0 Å². The number of anilines is 3. The zero-order valence-corrected chi connectivity index (χ0v) is 19.6. The topological polar surface area (TPSA) is 27.4 Å². The van der Waals surface area contributed by atoms with Crippen LogP contribution in [-0.4, -0.2) is 12.4 Å². The number of para-hydroxylation sites is 2. The van der Waals surface area contributed by atoms with E-state index in [2.05, 4.69) is 66.6 Å². The summed E-state index contributed by atoms with van der Waals surface area (Å²) < 4.78 is 2.42. The van der Waals surface area contributed by atoms with Gasteiger partial charge < -0.3 is 9.29 Å². The number of hydrogen-bond donors (Lipinski definition) is 0. The zero-order valence-electron chi connectivity index (χ0n) is 19.6. The van der Waals surface area contributed by atoms with E-state index in [1.807, 2.05) is 47.4 Å². The van der Waals surface area contributed by atoms with Crippen LogP contribution in [0.2, 0.25) is 12.6 Å². The zero-order chi connectivity index (χ0) is 22.6. The lowest BCUT2D eigenvalue weighted by Crippen LogP contribution is -2.81. The number of nitrogens with zero attached hydrogens (tertiary/aromatic N) is 3. The highest BCUT2D eigenvalue weighted by molar-refractivity contribution is 6.80. The number of rotatable bonds is 8. The van der Waals surface area contributed by atoms with Crippen molar-refractivity contribution in [3.63, 3.8) is 0 Å². The second-order valence-electron chi connectivity index (χ2n) is 9.00. The van der Waals surface area contributed by atoms with E-state index in [4.69, 9.17) is 0 Å². The van der Waals surface area contributed by atoms with Crippen LogP contribution in [0.3, 0.4) is 0 Å². The van der Waals surface area contributed by atoms with Gasteiger partial charge in [0.15, 0.2) is 0 Å². The quantitative estimate of drug-likeness (QED) is 0.358. The molecular formula is C27H34BN3O. The molecule has 0 bridgehead atoms. The summed E-state index contributed by atoms with van der Waals surface area (Å²) in [6.07, 6.45) is 7.23. The molecule has 1 aromatic heterocycles. The van der Waals surface area contributed by atoms with Gasteiger partial charge in [-0.3, -0.25) is 0 Å². The minimum absolute atomic E-state index is 0.0453. The van der Waals surface area contributed by atoms with Crippen LogP contribution in [-0.2, 0) is 0 Å². The molecule has 2 aromatic carbocycles. The van der Waals surface area contributed by atoms with Crippen molar-refractivity contribution in [3.8, 4) is 0 Å². The fourth-order valence-corrected chi connectivity index (χ4v) is 5.34. The molecule has 32 heavy (non-hydrogen) atoms. The van der Waals surface area contributed by atoms with Crippen LogP contribution >= 0.6 is 0 Å². The lowest BCUT2D eigenvalue weighted by atomic mass is 9.37. The molecule has 2 amide bonds. The first-order chi connectivity index (χ1) is 15.6. The number of fused-ring (bicyclic) bond motifs is 1. The highest BCUT2D eigenvalue weighted by Crippen LogP contribution is 2.38. The molecule has 0 radical (unpaired) electrons. The fourth-order valence-electron chi connectivity index (χ4n) is 5.34. The second-order valence-corrected chi connectivity index (χ2v) is 9.00. The van der Waals surface area contributed by atoms with Crippen LogP contribution in [0.4, 0.5) is 22.0 Å². The van der Waals surface area contributed by atoms with E-state index in [1.165, 1.54) is 0 Å². The summed E-state index contributed by atoms with van der Waals surface area (Å²) in [5, 5.41) is 0. The molecule has 0 unspecified atom stereocenters. The van der Waals surface area contributed by atoms with Gasteiger partial charge in [-0.2, -0.15) is 0 Å². The van der Waals surface area contributed by atoms with Gasteiger partial charge in [0.2, 0.25) is 5.82 Å². The molecule has 2 heterocycles. The lowest BCUT2D eigenvalue weighted by molar-refractivity contribution is -0.536. The predicted molar refractivity (Wildman–Crippen MR) is 135 cm³/mol. The number of amides is 2. The average Bonchev–Trinajstić information content (AvgIpc) is 2.83. The molecule has 0 spiro atoms. The Morgan fingerprint density at radius 3 is 2.09 bits per heavy atom. The molecule has 0 saturated heterocycles. The van der Waals surface area contributed by atoms with Gasteiger partial charge in [0.25, 0.3) is 6.42 Å². The molecule has 166 valence electrons. The van der Waals surface area contributed by atoms with Gasteiger partial charge in [-0.15, -0.1) is 17.5 Å². The predicted octanol–water partition coefficient (Wildman–Crippen LogP) is 6.95. The third kappa shape index (κ3) is 3.81. The van der Waals surface area contributed by atoms with Crippen LogP contribution in [0, 0.1) is 6.92 Å². The van der Waals surface area contributed by atoms with E-state index in [-0.39, 0.29) is 6.03 Å². The van der Waals surface area contributed by atoms with E-state index < -0.39 is 6.42 Å². The minimum atomic E-state index is -1.33. The van der Waals surface area contributed by atoms with Crippen molar-refractivity contribution in [2.45, 2.75) is 59.1 Å². The van der Waals surface area contributed by atoms with Crippen LogP contribution in [0.15, 0.2) is 79.0 Å². The van der Waals surface area contributed by atoms with Crippen molar-refractivity contribution >= 4 is 29.6 Å². The van der Waals surface area contributed by atoms with Crippen LogP contribution in [0.25, 0.3) is 0 Å². The SMILES string of the molecule is CCCC[B-]1(CCCC)N(c2ccccc2C)C(=O)N(c2ccccc2)c2cccc[n+]21. The molecule has 4 nitrogen and oxygen atoms in total. The Hall–Kier alpha value is -3.08. The number of carbonyl (C=O) groups is 1. The molecule has 5 heteroatoms. The van der Waals surface area contributed by atoms with Gasteiger partial charge in [0, 0.05) is 18.0 Å². The molecular weight excluding hydrogens is 393 g/mol. The summed E-state index contributed by atoms with van der Waals surface area (Å²) in [6.45, 7) is 6.58. The molecule has 1 aliphatic rings. The molecule has 0 aliphatic carbocycles. The van der Waals surface area contributed by atoms with E-state index in [0.717, 1.165) is 61.1 Å². The van der Waals surface area contributed by atoms with Crippen LogP contribution < -0.4 is 14.2 Å². The van der Waals surface area contributed by atoms with Crippen LogP contribution in [0.5, 0.6) is 0 Å². The normalized spacial score (nSPS) is 15.0. The van der Waals surface area contributed by atoms with Gasteiger partial charge in [-0.25, -0.2) is 4.79 Å². The third-order valence-electron chi connectivity index (χ3n) is 6.92. The first-order valence-electron chi connectivity index (χ1n) is 12.1. The number of hydrogen-bond acceptors (Lipinski definition) is 1. The summed E-state index contributed by atoms with van der Waals surface area (Å²) in [6, 6.07) is 24.6. The van der Waals surface area contributed by atoms with Crippen molar-refractivity contribution in [3.05, 3.63) is 84.6 Å². The highest BCUT2D eigenvalue weighted by atomic mass is 16.2. The fraction of sp³-hybridized carbons (Fsp3) is 0.333. The molecule has 1 aliphatic heterocycles. The van der Waals surface area contributed by atoms with E-state index in [1.54, 1.807) is 0 Å². The first-order valence-corrected chi connectivity index (χ1v) is 12.1. The summed E-state index contributed by atoms with van der Waals surface area (Å²) in [4.78, 5) is 18.5. The van der Waals surface area contributed by atoms with Crippen molar-refractivity contribution < 1.29 is 9.27 Å². The number of pyridine rings is 1. The Kier molecular flexibility index (Phi) is 6.64. The average molecular weight is 427 g/mol. The summed E-state index contributed by atoms with van der Waals surface area (Å²) in [5.74, 6) is 0.959. The maximum absolute atomic E-state index is 14.4. The van der Waals surface area contributed by atoms with Gasteiger partial charge >= 0.3 is 6.03 Å². The smallest absolute Gasteiger partial charge is 0.384 e. The van der Waals surface area contributed by atoms with E-state index in [9.17, 15) is 4.79 Å². The highest BCUT2D eigenvalue weighted by Gasteiger charge is 2.51. The Morgan fingerprint density at radius 2 is 1.44 bits per heavy atom. The molecule has 4 rings (SSSR count). The maximum Gasteiger partial charge on any atom is 0.384 e. The Balaban J connectivity index is 2.01. The maximum atomic E-state index is 14.4. The Morgan fingerprint density at radius 1 is 0.812 bits per heavy atom. The summed E-state index contributed by atoms with van der Waals surface area (Å²) >= 11 is 0. The van der Waals surface area contributed by atoms with Crippen molar-refractivity contribution in [1.82, 2.24) is 0 Å². The Labute approximate surface area is 192 Å². The summed E-state index contributed by atoms with van der Waals surface area (Å²) in [5.41, 5.74) is 3.05. The molecule has 0 saturated carbocycles. The molecule has 0 atom stereocenters. The molecule has 0 fully saturated rings. The number of carbonyl (C=O) groups excluding carboxylic acids is 1. The van der Waals surface area contributed by atoms with Gasteiger partial charge in [0.1, 0.15) is 5.69 Å². The number of aryl methyl sites for hydroxylation is 1. The number of unbranched alkanes of at least 4 members (excludes halogenated alkanes) is 2. The lowest BCUT2D eigenvalue weighted by Gasteiger charge is -2.53. The van der Waals surface area contributed by atoms with Gasteiger partial charge in [-0.05, 0) is 36.8 Å². The first kappa shape index (κ1) is 22.1. The third-order valence-corrected chi connectivity index (χ3v) is 6.92. The standard InChI is InChI=1S/C27H34BN3O/c1-4-6-20-28(21-7-5-2)29-22-14-13-19-26(29)30(24-16-9-8-10-17-24)27(32)31(28)25-18-12-11-15-23(25)3/h8-19,22H,4-7,20-21H2,1-3H3. The largest absolute Gasteiger partial charge is 0.411 e. The van der Waals surface area contributed by atoms with E-state index >= 15 is 0 Å². The number of urea groups is 1. The van der Waals surface area contributed by atoms with Crippen molar-refractivity contribution in [1.29, 1.82) is 0 Å². The monoisotopic (exact) mass is 427 g/mol. The summed E-state index contributed by atoms with van der Waals surface area (Å²) in [7, 11) is 0. The Bertz CT molecular complexity index is 1060. The van der Waals surface area contributed by atoms with Gasteiger partial charge in [0.05, 0.1) is 0 Å². The second kappa shape index (κ2) is 9.60. The van der Waals surface area contributed by atoms with E-state index in [0.29, 0.717) is 0 Å². The minimum Gasteiger partial charge on any atom is -0.411 e. The molecule has 0 N–H and O–H groups in total. The number of benzene rings is 2. The molecule has 3 aromatic rings. The van der Waals surface area contributed by atoms with Crippen LogP contribution in [0.1, 0.15) is 45.1 Å². The van der Waals surface area contributed by atoms with Crippen molar-refractivity contribution in [2.75, 3.05) is 9.71 Å².